The van der Waals surface area contributed by atoms with Crippen molar-refractivity contribution >= 4 is 20.6 Å². The zero-order valence-corrected chi connectivity index (χ0v) is 5.89. The van der Waals surface area contributed by atoms with Crippen LogP contribution in [0.1, 0.15) is 0 Å². The van der Waals surface area contributed by atoms with Gasteiger partial charge < -0.3 is 14.5 Å². The predicted molar refractivity (Wildman–Crippen MR) is 31.0 cm³/mol. The lowest BCUT2D eigenvalue weighted by molar-refractivity contribution is -0.170. The summed E-state index contributed by atoms with van der Waals surface area (Å²) in [6, 6.07) is 0. The van der Waals surface area contributed by atoms with Crippen LogP contribution in [0.5, 0.6) is 0 Å². The van der Waals surface area contributed by atoms with E-state index in [2.05, 4.69) is 4.52 Å². The molecule has 8 heavy (non-hydrogen) atoms. The molecule has 0 saturated carbocycles. The Morgan fingerprint density at radius 2 is 2.50 bits per heavy atom. The normalized spacial score (nSPS) is 15.4. The van der Waals surface area contributed by atoms with Crippen molar-refractivity contribution in [2.75, 3.05) is 12.5 Å². The van der Waals surface area contributed by atoms with Crippen molar-refractivity contribution < 1.29 is 14.5 Å². The summed E-state index contributed by atoms with van der Waals surface area (Å²) in [5, 5.41) is 8.60. The Kier molecular flexibility index (Phi) is 6.16. The van der Waals surface area contributed by atoms with Gasteiger partial charge in [0.1, 0.15) is 0 Å². The Morgan fingerprint density at radius 3 is 2.88 bits per heavy atom. The third kappa shape index (κ3) is 4.75. The van der Waals surface area contributed by atoms with Crippen molar-refractivity contribution in [2.45, 2.75) is 6.10 Å². The van der Waals surface area contributed by atoms with Gasteiger partial charge in [-0.15, -0.1) is 11.6 Å². The van der Waals surface area contributed by atoms with Crippen molar-refractivity contribution in [3.05, 3.63) is 0 Å². The monoisotopic (exact) mass is 157 g/mol. The number of hydrogen-bond acceptors (Lipinski definition) is 3. The molecule has 2 unspecified atom stereocenters. The largest absolute Gasteiger partial charge is 0.810 e. The summed E-state index contributed by atoms with van der Waals surface area (Å²) in [4.78, 5) is 9.60. The fourth-order valence-corrected chi connectivity index (χ4v) is 0.524. The maximum absolute atomic E-state index is 9.60. The number of rotatable bonds is 4. The van der Waals surface area contributed by atoms with Gasteiger partial charge in [-0.2, -0.15) is 0 Å². The highest BCUT2D eigenvalue weighted by Crippen LogP contribution is 1.99. The molecule has 0 heterocycles. The molecule has 3 nitrogen and oxygen atoms in total. The van der Waals surface area contributed by atoms with Gasteiger partial charge in [-0.1, -0.05) is 9.03 Å². The lowest BCUT2D eigenvalue weighted by Crippen LogP contribution is -2.14. The molecular formula is C3H7ClO3P-. The molecule has 0 rings (SSSR count). The maximum atomic E-state index is 9.60. The van der Waals surface area contributed by atoms with E-state index < -0.39 is 15.1 Å². The van der Waals surface area contributed by atoms with E-state index in [1.165, 1.54) is 0 Å². The number of aliphatic hydroxyl groups is 1. The summed E-state index contributed by atoms with van der Waals surface area (Å²) in [5.41, 5.74) is 0. The van der Waals surface area contributed by atoms with Crippen LogP contribution in [-0.4, -0.2) is 23.7 Å². The predicted octanol–water partition coefficient (Wildman–Crippen LogP) is -0.529. The van der Waals surface area contributed by atoms with Crippen LogP contribution in [0.3, 0.4) is 0 Å². The maximum Gasteiger partial charge on any atom is 0.0911 e. The van der Waals surface area contributed by atoms with E-state index in [0.717, 1.165) is 0 Å². The van der Waals surface area contributed by atoms with E-state index in [1.54, 1.807) is 0 Å². The van der Waals surface area contributed by atoms with Gasteiger partial charge in [0.15, 0.2) is 0 Å². The first-order valence-electron chi connectivity index (χ1n) is 2.04. The van der Waals surface area contributed by atoms with Crippen LogP contribution in [0, 0.1) is 0 Å². The molecule has 0 aromatic heterocycles. The third-order valence-corrected chi connectivity index (χ3v) is 1.15. The zero-order valence-electron chi connectivity index (χ0n) is 4.13. The van der Waals surface area contributed by atoms with E-state index in [-0.39, 0.29) is 12.5 Å². The number of halogens is 1. The first-order valence-corrected chi connectivity index (χ1v) is 3.39. The molecule has 0 aliphatic rings. The third-order valence-electron chi connectivity index (χ3n) is 0.513. The second-order valence-electron chi connectivity index (χ2n) is 1.20. The molecule has 0 bridgehead atoms. The average molecular weight is 158 g/mol. The van der Waals surface area contributed by atoms with Crippen LogP contribution in [0.2, 0.25) is 0 Å². The summed E-state index contributed by atoms with van der Waals surface area (Å²) in [6.45, 7) is 0.0471. The Bertz CT molecular complexity index is 53.8. The van der Waals surface area contributed by atoms with Gasteiger partial charge in [0.25, 0.3) is 0 Å². The molecule has 0 spiro atoms. The van der Waals surface area contributed by atoms with Crippen LogP contribution in [0.4, 0.5) is 0 Å². The molecule has 0 aliphatic carbocycles. The van der Waals surface area contributed by atoms with E-state index in [1.807, 2.05) is 0 Å². The summed E-state index contributed by atoms with van der Waals surface area (Å²) >= 11 is 5.16. The first kappa shape index (κ1) is 8.60. The van der Waals surface area contributed by atoms with E-state index in [0.29, 0.717) is 0 Å². The van der Waals surface area contributed by atoms with Gasteiger partial charge in [-0.3, -0.25) is 0 Å². The highest BCUT2D eigenvalue weighted by atomic mass is 35.5. The van der Waals surface area contributed by atoms with Crippen molar-refractivity contribution in [3.8, 4) is 0 Å². The number of aliphatic hydroxyl groups excluding tert-OH is 1. The zero-order chi connectivity index (χ0) is 6.41. The van der Waals surface area contributed by atoms with Crippen LogP contribution >= 0.6 is 20.6 Å². The molecule has 5 heteroatoms. The van der Waals surface area contributed by atoms with Crippen molar-refractivity contribution in [3.63, 3.8) is 0 Å². The second-order valence-corrected chi connectivity index (χ2v) is 1.97. The lowest BCUT2D eigenvalue weighted by atomic mass is 10.4. The minimum atomic E-state index is -0.815. The highest BCUT2D eigenvalue weighted by molar-refractivity contribution is 7.23. The number of hydrogen-bond donors (Lipinski definition) is 1. The van der Waals surface area contributed by atoms with Crippen LogP contribution in [0.25, 0.3) is 0 Å². The van der Waals surface area contributed by atoms with Gasteiger partial charge in [0, 0.05) is 0 Å². The van der Waals surface area contributed by atoms with Crippen molar-refractivity contribution in [1.82, 2.24) is 0 Å². The topological polar surface area (TPSA) is 52.5 Å². The highest BCUT2D eigenvalue weighted by Gasteiger charge is 1.97. The summed E-state index contributed by atoms with van der Waals surface area (Å²) < 4.78 is 4.32. The van der Waals surface area contributed by atoms with E-state index in [9.17, 15) is 4.89 Å². The first-order chi connectivity index (χ1) is 3.81. The Labute approximate surface area is 54.6 Å². The fraction of sp³-hybridized carbons (Fsp3) is 1.00. The summed E-state index contributed by atoms with van der Waals surface area (Å²) in [5.74, 6) is 0.116. The van der Waals surface area contributed by atoms with E-state index in [4.69, 9.17) is 16.7 Å². The molecule has 50 valence electrons. The van der Waals surface area contributed by atoms with Gasteiger partial charge in [0.05, 0.1) is 18.6 Å². The summed E-state index contributed by atoms with van der Waals surface area (Å²) in [6.07, 6.45) is -0.696. The molecule has 0 aromatic carbocycles. The molecular weight excluding hydrogens is 150 g/mol. The molecule has 0 amide bonds. The quantitative estimate of drug-likeness (QED) is 0.441. The van der Waals surface area contributed by atoms with Crippen molar-refractivity contribution in [1.29, 1.82) is 0 Å². The van der Waals surface area contributed by atoms with Crippen LogP contribution < -0.4 is 4.89 Å². The summed E-state index contributed by atoms with van der Waals surface area (Å²) in [7, 11) is -0.815. The standard InChI is InChI=1S/C3H7ClO3P/c4-1-3(5)2-7-8-6/h3,5,8H,1-2H2/q-1. The fourth-order valence-electron chi connectivity index (χ4n) is 0.175. The van der Waals surface area contributed by atoms with Gasteiger partial charge >= 0.3 is 0 Å². The van der Waals surface area contributed by atoms with Crippen molar-refractivity contribution in [2.24, 2.45) is 0 Å². The van der Waals surface area contributed by atoms with Crippen LogP contribution in [0.15, 0.2) is 0 Å². The Morgan fingerprint density at radius 1 is 1.88 bits per heavy atom. The van der Waals surface area contributed by atoms with Gasteiger partial charge in [-0.05, 0) is 0 Å². The SMILES string of the molecule is [O-]POCC(O)CCl. The molecule has 1 N–H and O–H groups in total. The molecule has 2 atom stereocenters. The molecule has 0 saturated heterocycles. The average Bonchev–Trinajstić information content (AvgIpc) is 1.83. The molecule has 0 radical (unpaired) electrons. The Hall–Kier alpha value is 0.600. The molecule has 0 aliphatic heterocycles. The minimum absolute atomic E-state index is 0.0471. The smallest absolute Gasteiger partial charge is 0.0911 e. The van der Waals surface area contributed by atoms with E-state index >= 15 is 0 Å². The molecule has 0 aromatic rings. The minimum Gasteiger partial charge on any atom is -0.810 e. The second kappa shape index (κ2) is 5.73. The Balaban J connectivity index is 2.86. The lowest BCUT2D eigenvalue weighted by Gasteiger charge is -2.08. The van der Waals surface area contributed by atoms with Crippen LogP contribution in [-0.2, 0) is 4.52 Å². The number of alkyl halides is 1. The molecule has 0 fully saturated rings. The van der Waals surface area contributed by atoms with Gasteiger partial charge in [-0.25, -0.2) is 0 Å². The van der Waals surface area contributed by atoms with Gasteiger partial charge in [0.2, 0.25) is 0 Å².